The first-order chi connectivity index (χ1) is 22.2. The number of carbonyl (C=O) groups is 1. The Morgan fingerprint density at radius 2 is 0.978 bits per heavy atom. The Bertz CT molecular complexity index is 1950. The number of fused-ring (bicyclic) bond motifs is 2. The minimum atomic E-state index is -0.517. The molecule has 0 spiro atoms. The summed E-state index contributed by atoms with van der Waals surface area (Å²) >= 11 is 0. The van der Waals surface area contributed by atoms with E-state index in [4.69, 9.17) is 39.1 Å². The van der Waals surface area contributed by atoms with Gasteiger partial charge in [0.05, 0.1) is 74.4 Å². The third-order valence-electron chi connectivity index (χ3n) is 8.42. The fourth-order valence-electron chi connectivity index (χ4n) is 6.06. The van der Waals surface area contributed by atoms with Gasteiger partial charge in [0.2, 0.25) is 0 Å². The van der Waals surface area contributed by atoms with Gasteiger partial charge in [-0.3, -0.25) is 4.79 Å². The SMILES string of the molecule is COc1ccc(-c2ccc3nc(C)c(C(C)C(=O)C(C)c4c(C)nc5ccc(-c6ccc(OC)c(OC)c6)nn45)n3n2)cc1OC. The Hall–Kier alpha value is -5.45. The molecule has 11 nitrogen and oxygen atoms in total. The molecule has 0 aliphatic heterocycles. The van der Waals surface area contributed by atoms with Crippen molar-refractivity contribution in [2.24, 2.45) is 0 Å². The van der Waals surface area contributed by atoms with Crippen molar-refractivity contribution < 1.29 is 23.7 Å². The molecule has 0 amide bonds. The molecule has 0 N–H and O–H groups in total. The van der Waals surface area contributed by atoms with E-state index in [2.05, 4.69) is 0 Å². The van der Waals surface area contributed by atoms with E-state index in [0.29, 0.717) is 45.7 Å². The summed E-state index contributed by atoms with van der Waals surface area (Å²) < 4.78 is 25.3. The van der Waals surface area contributed by atoms with Gasteiger partial charge in [0.25, 0.3) is 0 Å². The highest BCUT2D eigenvalue weighted by molar-refractivity contribution is 5.91. The highest BCUT2D eigenvalue weighted by atomic mass is 16.5. The van der Waals surface area contributed by atoms with Crippen molar-refractivity contribution in [1.82, 2.24) is 29.2 Å². The molecular formula is C35H36N6O5. The van der Waals surface area contributed by atoms with Gasteiger partial charge < -0.3 is 18.9 Å². The molecule has 2 unspecified atom stereocenters. The summed E-state index contributed by atoms with van der Waals surface area (Å²) in [6, 6.07) is 18.9. The first kappa shape index (κ1) is 30.6. The molecule has 0 bridgehead atoms. The van der Waals surface area contributed by atoms with Crippen LogP contribution in [0.5, 0.6) is 23.0 Å². The van der Waals surface area contributed by atoms with Gasteiger partial charge in [-0.2, -0.15) is 10.2 Å². The normalized spacial score (nSPS) is 12.7. The highest BCUT2D eigenvalue weighted by Crippen LogP contribution is 2.35. The molecule has 6 aromatic rings. The van der Waals surface area contributed by atoms with Crippen LogP contribution in [0.4, 0.5) is 0 Å². The zero-order valence-electron chi connectivity index (χ0n) is 27.2. The minimum Gasteiger partial charge on any atom is -0.493 e. The van der Waals surface area contributed by atoms with Gasteiger partial charge in [0.15, 0.2) is 40.1 Å². The van der Waals surface area contributed by atoms with Gasteiger partial charge in [0.1, 0.15) is 0 Å². The van der Waals surface area contributed by atoms with Crippen LogP contribution in [0.2, 0.25) is 0 Å². The summed E-state index contributed by atoms with van der Waals surface area (Å²) in [6.07, 6.45) is 0. The van der Waals surface area contributed by atoms with Crippen molar-refractivity contribution in [1.29, 1.82) is 0 Å². The molecule has 46 heavy (non-hydrogen) atoms. The number of imidazole rings is 2. The molecule has 4 aromatic heterocycles. The average Bonchev–Trinajstić information content (AvgIpc) is 3.60. The molecule has 236 valence electrons. The molecule has 0 aliphatic rings. The molecule has 0 saturated heterocycles. The van der Waals surface area contributed by atoms with Crippen molar-refractivity contribution in [3.8, 4) is 45.5 Å². The number of nitrogens with zero attached hydrogens (tertiary/aromatic N) is 6. The van der Waals surface area contributed by atoms with Crippen molar-refractivity contribution in [3.63, 3.8) is 0 Å². The number of carbonyl (C=O) groups excluding carboxylic acids is 1. The number of ether oxygens (including phenoxy) is 4. The smallest absolute Gasteiger partial charge is 0.161 e. The first-order valence-electron chi connectivity index (χ1n) is 14.9. The topological polar surface area (TPSA) is 114 Å². The van der Waals surface area contributed by atoms with Crippen LogP contribution in [0.25, 0.3) is 33.8 Å². The number of hydrogen-bond acceptors (Lipinski definition) is 9. The van der Waals surface area contributed by atoms with Gasteiger partial charge in [-0.15, -0.1) is 0 Å². The maximum Gasteiger partial charge on any atom is 0.161 e. The number of benzene rings is 2. The van der Waals surface area contributed by atoms with Gasteiger partial charge in [-0.1, -0.05) is 0 Å². The fraction of sp³-hybridized carbons (Fsp3) is 0.286. The number of aryl methyl sites for hydroxylation is 2. The van der Waals surface area contributed by atoms with Crippen molar-refractivity contribution in [3.05, 3.63) is 83.4 Å². The van der Waals surface area contributed by atoms with Gasteiger partial charge in [-0.05, 0) is 88.4 Å². The van der Waals surface area contributed by atoms with E-state index in [9.17, 15) is 4.79 Å². The lowest BCUT2D eigenvalue weighted by Crippen LogP contribution is -2.21. The number of ketones is 1. The third-order valence-corrected chi connectivity index (χ3v) is 8.42. The molecule has 0 aliphatic carbocycles. The highest BCUT2D eigenvalue weighted by Gasteiger charge is 2.31. The lowest BCUT2D eigenvalue weighted by atomic mass is 9.89. The predicted molar refractivity (Wildman–Crippen MR) is 174 cm³/mol. The van der Waals surface area contributed by atoms with Gasteiger partial charge in [0, 0.05) is 11.1 Å². The Morgan fingerprint density at radius 3 is 1.35 bits per heavy atom. The molecule has 0 saturated carbocycles. The molecule has 6 rings (SSSR count). The van der Waals surface area contributed by atoms with Gasteiger partial charge in [-0.25, -0.2) is 19.0 Å². The molecular weight excluding hydrogens is 584 g/mol. The number of Topliss-reactive ketones (excluding diaryl/α,β-unsaturated/α-hetero) is 1. The quantitative estimate of drug-likeness (QED) is 0.176. The first-order valence-corrected chi connectivity index (χ1v) is 14.9. The number of rotatable bonds is 10. The van der Waals surface area contributed by atoms with E-state index in [-0.39, 0.29) is 5.78 Å². The average molecular weight is 621 g/mol. The van der Waals surface area contributed by atoms with E-state index >= 15 is 0 Å². The maximum atomic E-state index is 14.3. The van der Waals surface area contributed by atoms with Crippen LogP contribution < -0.4 is 18.9 Å². The van der Waals surface area contributed by atoms with Crippen LogP contribution in [0, 0.1) is 13.8 Å². The standard InChI is InChI=1S/C35H36N6O5/c1-19(33-21(3)36-31-15-11-25(38-40(31)33)23-9-13-27(43-5)29(17-23)45-7)35(42)20(2)34-22(4)37-32-16-12-26(39-41(32)34)24-10-14-28(44-6)30(18-24)46-8/h9-20H,1-8H3. The second-order valence-electron chi connectivity index (χ2n) is 11.1. The Balaban J connectivity index is 1.37. The van der Waals surface area contributed by atoms with Crippen LogP contribution in [0.1, 0.15) is 48.5 Å². The molecule has 2 atom stereocenters. The predicted octanol–water partition coefficient (Wildman–Crippen LogP) is 6.23. The van der Waals surface area contributed by atoms with Crippen LogP contribution >= 0.6 is 0 Å². The maximum absolute atomic E-state index is 14.3. The number of aromatic nitrogens is 6. The van der Waals surface area contributed by atoms with E-state index in [1.54, 1.807) is 37.5 Å². The molecule has 0 fully saturated rings. The summed E-state index contributed by atoms with van der Waals surface area (Å²) in [4.78, 5) is 23.7. The summed E-state index contributed by atoms with van der Waals surface area (Å²) in [7, 11) is 6.40. The summed E-state index contributed by atoms with van der Waals surface area (Å²) in [5, 5.41) is 9.84. The second-order valence-corrected chi connectivity index (χ2v) is 11.1. The van der Waals surface area contributed by atoms with Crippen LogP contribution in [-0.4, -0.2) is 63.4 Å². The Labute approximate surface area is 266 Å². The molecule has 2 aromatic carbocycles. The minimum absolute atomic E-state index is 0.00596. The zero-order chi connectivity index (χ0) is 32.7. The van der Waals surface area contributed by atoms with E-state index in [1.807, 2.05) is 88.4 Å². The number of hydrogen-bond donors (Lipinski definition) is 0. The summed E-state index contributed by atoms with van der Waals surface area (Å²) in [5.74, 6) is 1.45. The van der Waals surface area contributed by atoms with Gasteiger partial charge >= 0.3 is 0 Å². The molecule has 0 radical (unpaired) electrons. The van der Waals surface area contributed by atoms with Crippen LogP contribution in [-0.2, 0) is 4.79 Å². The summed E-state index contributed by atoms with van der Waals surface area (Å²) in [5.41, 5.74) is 7.41. The van der Waals surface area contributed by atoms with E-state index < -0.39 is 11.8 Å². The largest absolute Gasteiger partial charge is 0.493 e. The Morgan fingerprint density at radius 1 is 0.587 bits per heavy atom. The van der Waals surface area contributed by atoms with Crippen LogP contribution in [0.3, 0.4) is 0 Å². The fourth-order valence-corrected chi connectivity index (χ4v) is 6.06. The van der Waals surface area contributed by atoms with Crippen molar-refractivity contribution in [2.75, 3.05) is 28.4 Å². The van der Waals surface area contributed by atoms with E-state index in [1.165, 1.54) is 0 Å². The third kappa shape index (κ3) is 5.17. The van der Waals surface area contributed by atoms with Crippen LogP contribution in [0.15, 0.2) is 60.7 Å². The number of methoxy groups -OCH3 is 4. The molecule has 11 heteroatoms. The van der Waals surface area contributed by atoms with Crippen molar-refractivity contribution in [2.45, 2.75) is 39.5 Å². The lowest BCUT2D eigenvalue weighted by molar-refractivity contribution is -0.121. The Kier molecular flexibility index (Phi) is 8.08. The lowest BCUT2D eigenvalue weighted by Gasteiger charge is -2.18. The monoisotopic (exact) mass is 620 g/mol. The van der Waals surface area contributed by atoms with E-state index in [0.717, 1.165) is 33.9 Å². The molecule has 4 heterocycles. The van der Waals surface area contributed by atoms with Crippen molar-refractivity contribution >= 4 is 17.1 Å². The second kappa shape index (κ2) is 12.2. The zero-order valence-corrected chi connectivity index (χ0v) is 27.2. The summed E-state index contributed by atoms with van der Waals surface area (Å²) in [6.45, 7) is 7.62.